The van der Waals surface area contributed by atoms with Crippen molar-refractivity contribution in [3.8, 4) is 0 Å². The summed E-state index contributed by atoms with van der Waals surface area (Å²) in [6.45, 7) is -1.38. The fourth-order valence-corrected chi connectivity index (χ4v) is 1.91. The normalized spacial score (nSPS) is 11.6. The van der Waals surface area contributed by atoms with Gasteiger partial charge in [-0.05, 0) is 28.1 Å². The van der Waals surface area contributed by atoms with Gasteiger partial charge in [-0.2, -0.15) is 13.2 Å². The van der Waals surface area contributed by atoms with Crippen molar-refractivity contribution in [2.45, 2.75) is 6.18 Å². The Morgan fingerprint density at radius 3 is 2.84 bits per heavy atom. The number of hydrogen-bond donors (Lipinski definition) is 1. The Hall–Kier alpha value is -1.70. The molecule has 0 aliphatic heterocycles. The lowest BCUT2D eigenvalue weighted by Gasteiger charge is -2.09. The van der Waals surface area contributed by atoms with Gasteiger partial charge in [0, 0.05) is 11.6 Å². The number of rotatable bonds is 2. The minimum absolute atomic E-state index is 0.0444. The van der Waals surface area contributed by atoms with Crippen LogP contribution in [0.4, 0.5) is 13.2 Å². The summed E-state index contributed by atoms with van der Waals surface area (Å²) in [5.74, 6) is -0.838. The van der Waals surface area contributed by atoms with Crippen LogP contribution in [0.25, 0.3) is 10.9 Å². The second kappa shape index (κ2) is 5.12. The van der Waals surface area contributed by atoms with Gasteiger partial charge >= 0.3 is 6.18 Å². The predicted molar refractivity (Wildman–Crippen MR) is 65.6 cm³/mol. The first-order valence-electron chi connectivity index (χ1n) is 5.12. The van der Waals surface area contributed by atoms with E-state index in [1.54, 1.807) is 11.4 Å². The highest BCUT2D eigenvalue weighted by Crippen LogP contribution is 2.20. The fraction of sp³-hybridized carbons (Fsp3) is 0.182. The number of amides is 1. The standard InChI is InChI=1S/C11H7BrF3N3O/c12-9-7(10(19)17-5-11(13,14)15)3-6-1-2-16-4-8(6)18-9/h1-4H,5H2,(H,17,19). The molecule has 2 heterocycles. The molecule has 19 heavy (non-hydrogen) atoms. The van der Waals surface area contributed by atoms with Crippen molar-refractivity contribution in [3.63, 3.8) is 0 Å². The Bertz CT molecular complexity index is 630. The van der Waals surface area contributed by atoms with E-state index in [-0.39, 0.29) is 10.2 Å². The zero-order chi connectivity index (χ0) is 14.0. The summed E-state index contributed by atoms with van der Waals surface area (Å²) >= 11 is 3.06. The van der Waals surface area contributed by atoms with E-state index in [0.29, 0.717) is 10.9 Å². The van der Waals surface area contributed by atoms with Crippen molar-refractivity contribution in [3.05, 3.63) is 34.7 Å². The third-order valence-electron chi connectivity index (χ3n) is 2.27. The summed E-state index contributed by atoms with van der Waals surface area (Å²) in [6, 6.07) is 3.08. The number of halogens is 4. The molecular formula is C11H7BrF3N3O. The average Bonchev–Trinajstić information content (AvgIpc) is 2.34. The average molecular weight is 334 g/mol. The quantitative estimate of drug-likeness (QED) is 0.859. The third kappa shape index (κ3) is 3.40. The van der Waals surface area contributed by atoms with Crippen LogP contribution >= 0.6 is 15.9 Å². The number of alkyl halides is 3. The van der Waals surface area contributed by atoms with Gasteiger partial charge in [0.2, 0.25) is 0 Å². The molecule has 0 saturated carbocycles. The summed E-state index contributed by atoms with van der Waals surface area (Å²) in [5, 5.41) is 2.42. The smallest absolute Gasteiger partial charge is 0.343 e. The van der Waals surface area contributed by atoms with Gasteiger partial charge in [0.25, 0.3) is 5.91 Å². The van der Waals surface area contributed by atoms with Crippen molar-refractivity contribution in [2.24, 2.45) is 0 Å². The highest BCUT2D eigenvalue weighted by atomic mass is 79.9. The molecule has 100 valence electrons. The summed E-state index contributed by atoms with van der Waals surface area (Å²) < 4.78 is 36.3. The van der Waals surface area contributed by atoms with Crippen molar-refractivity contribution in [1.29, 1.82) is 0 Å². The number of pyridine rings is 2. The molecular weight excluding hydrogens is 327 g/mol. The Morgan fingerprint density at radius 2 is 2.16 bits per heavy atom. The van der Waals surface area contributed by atoms with E-state index < -0.39 is 18.6 Å². The molecule has 0 saturated heterocycles. The first kappa shape index (κ1) is 13.7. The van der Waals surface area contributed by atoms with E-state index in [0.717, 1.165) is 0 Å². The minimum atomic E-state index is -4.45. The van der Waals surface area contributed by atoms with E-state index in [1.807, 2.05) is 0 Å². The molecule has 0 bridgehead atoms. The Morgan fingerprint density at radius 1 is 1.42 bits per heavy atom. The van der Waals surface area contributed by atoms with Crippen LogP contribution in [0.1, 0.15) is 10.4 Å². The predicted octanol–water partition coefficient (Wildman–Crippen LogP) is 2.68. The zero-order valence-electron chi connectivity index (χ0n) is 9.33. The fourth-order valence-electron chi connectivity index (χ4n) is 1.43. The SMILES string of the molecule is O=C(NCC(F)(F)F)c1cc2ccncc2nc1Br. The number of nitrogens with one attached hydrogen (secondary N) is 1. The first-order valence-corrected chi connectivity index (χ1v) is 5.91. The van der Waals surface area contributed by atoms with Gasteiger partial charge in [0.15, 0.2) is 0 Å². The highest BCUT2D eigenvalue weighted by molar-refractivity contribution is 9.10. The summed E-state index contributed by atoms with van der Waals surface area (Å²) in [7, 11) is 0. The molecule has 0 radical (unpaired) electrons. The monoisotopic (exact) mass is 333 g/mol. The van der Waals surface area contributed by atoms with Crippen LogP contribution < -0.4 is 5.32 Å². The van der Waals surface area contributed by atoms with E-state index in [9.17, 15) is 18.0 Å². The van der Waals surface area contributed by atoms with Gasteiger partial charge in [-0.3, -0.25) is 9.78 Å². The molecule has 2 aromatic rings. The van der Waals surface area contributed by atoms with Crippen LogP contribution in [0.15, 0.2) is 29.1 Å². The molecule has 0 unspecified atom stereocenters. The number of aromatic nitrogens is 2. The molecule has 4 nitrogen and oxygen atoms in total. The van der Waals surface area contributed by atoms with Crippen molar-refractivity contribution in [1.82, 2.24) is 15.3 Å². The second-order valence-corrected chi connectivity index (χ2v) is 4.44. The molecule has 1 amide bonds. The lowest BCUT2D eigenvalue weighted by molar-refractivity contribution is -0.123. The summed E-state index contributed by atoms with van der Waals surface area (Å²) in [5.41, 5.74) is 0.588. The molecule has 0 aliphatic rings. The molecule has 8 heteroatoms. The summed E-state index contributed by atoms with van der Waals surface area (Å²) in [4.78, 5) is 19.6. The van der Waals surface area contributed by atoms with Gasteiger partial charge in [-0.25, -0.2) is 4.98 Å². The van der Waals surface area contributed by atoms with Crippen LogP contribution in [0.2, 0.25) is 0 Å². The Balaban J connectivity index is 2.29. The second-order valence-electron chi connectivity index (χ2n) is 3.69. The maximum Gasteiger partial charge on any atom is 0.405 e. The molecule has 2 rings (SSSR count). The van der Waals surface area contributed by atoms with Crippen LogP contribution in [0.3, 0.4) is 0 Å². The third-order valence-corrected chi connectivity index (χ3v) is 2.87. The molecule has 0 aliphatic carbocycles. The van der Waals surface area contributed by atoms with Gasteiger partial charge in [-0.15, -0.1) is 0 Å². The molecule has 2 aromatic heterocycles. The van der Waals surface area contributed by atoms with Crippen LogP contribution in [-0.4, -0.2) is 28.6 Å². The molecule has 0 fully saturated rings. The van der Waals surface area contributed by atoms with Gasteiger partial charge in [0.05, 0.1) is 17.3 Å². The lowest BCUT2D eigenvalue weighted by Crippen LogP contribution is -2.34. The van der Waals surface area contributed by atoms with Gasteiger partial charge in [-0.1, -0.05) is 0 Å². The topological polar surface area (TPSA) is 54.9 Å². The Labute approximate surface area is 114 Å². The molecule has 1 N–H and O–H groups in total. The van der Waals surface area contributed by atoms with Crippen molar-refractivity contribution < 1.29 is 18.0 Å². The number of hydrogen-bond acceptors (Lipinski definition) is 3. The van der Waals surface area contributed by atoms with E-state index in [4.69, 9.17) is 0 Å². The molecule has 0 atom stereocenters. The van der Waals surface area contributed by atoms with E-state index in [2.05, 4.69) is 25.9 Å². The van der Waals surface area contributed by atoms with Crippen LogP contribution in [0, 0.1) is 0 Å². The van der Waals surface area contributed by atoms with E-state index in [1.165, 1.54) is 18.5 Å². The Kier molecular flexibility index (Phi) is 3.70. The maximum atomic E-state index is 12.0. The molecule has 0 aromatic carbocycles. The van der Waals surface area contributed by atoms with E-state index >= 15 is 0 Å². The van der Waals surface area contributed by atoms with Crippen molar-refractivity contribution in [2.75, 3.05) is 6.54 Å². The van der Waals surface area contributed by atoms with Crippen LogP contribution in [0.5, 0.6) is 0 Å². The lowest BCUT2D eigenvalue weighted by atomic mass is 10.2. The van der Waals surface area contributed by atoms with Crippen molar-refractivity contribution >= 4 is 32.7 Å². The number of nitrogens with zero attached hydrogens (tertiary/aromatic N) is 2. The van der Waals surface area contributed by atoms with Gasteiger partial charge < -0.3 is 5.32 Å². The molecule has 0 spiro atoms. The van der Waals surface area contributed by atoms with Gasteiger partial charge in [0.1, 0.15) is 11.1 Å². The van der Waals surface area contributed by atoms with Crippen LogP contribution in [-0.2, 0) is 0 Å². The highest BCUT2D eigenvalue weighted by Gasteiger charge is 2.28. The summed E-state index contributed by atoms with van der Waals surface area (Å²) in [6.07, 6.45) is -1.44. The maximum absolute atomic E-state index is 12.0. The number of fused-ring (bicyclic) bond motifs is 1. The zero-order valence-corrected chi connectivity index (χ0v) is 10.9. The largest absolute Gasteiger partial charge is 0.405 e. The number of carbonyl (C=O) groups excluding carboxylic acids is 1. The first-order chi connectivity index (χ1) is 8.87. The number of carbonyl (C=O) groups is 1. The minimum Gasteiger partial charge on any atom is -0.343 e.